The number of esters is 1. The van der Waals surface area contributed by atoms with Gasteiger partial charge in [-0.1, -0.05) is 24.3 Å². The maximum Gasteiger partial charge on any atom is 0.340 e. The fourth-order valence-electron chi connectivity index (χ4n) is 4.32. The van der Waals surface area contributed by atoms with E-state index in [-0.39, 0.29) is 35.7 Å². The zero-order valence-corrected chi connectivity index (χ0v) is 20.7. The zero-order valence-electron chi connectivity index (χ0n) is 20.7. The second-order valence-corrected chi connectivity index (χ2v) is 8.79. The summed E-state index contributed by atoms with van der Waals surface area (Å²) in [6, 6.07) is 14.5. The first-order chi connectivity index (χ1) is 17.4. The van der Waals surface area contributed by atoms with Crippen LogP contribution in [0.15, 0.2) is 65.4 Å². The quantitative estimate of drug-likeness (QED) is 0.449. The summed E-state index contributed by atoms with van der Waals surface area (Å²) in [4.78, 5) is 39.6. The number of aryl methyl sites for hydroxylation is 1. The van der Waals surface area contributed by atoms with Gasteiger partial charge < -0.3 is 19.5 Å². The molecule has 8 heteroatoms. The summed E-state index contributed by atoms with van der Waals surface area (Å²) < 4.78 is 16.0. The highest BCUT2D eigenvalue weighted by Gasteiger charge is 2.37. The van der Waals surface area contributed by atoms with E-state index in [9.17, 15) is 14.4 Å². The Balaban J connectivity index is 1.47. The van der Waals surface area contributed by atoms with Gasteiger partial charge in [0, 0.05) is 24.5 Å². The first-order valence-corrected chi connectivity index (χ1v) is 11.9. The van der Waals surface area contributed by atoms with Crippen LogP contribution in [0.25, 0.3) is 6.08 Å². The van der Waals surface area contributed by atoms with E-state index < -0.39 is 5.97 Å². The van der Waals surface area contributed by atoms with Crippen LogP contribution in [0.4, 0.5) is 5.69 Å². The predicted octanol–water partition coefficient (Wildman–Crippen LogP) is 3.55. The molecule has 0 bridgehead atoms. The Morgan fingerprint density at radius 1 is 1.17 bits per heavy atom. The van der Waals surface area contributed by atoms with Gasteiger partial charge in [-0.05, 0) is 68.2 Å². The highest BCUT2D eigenvalue weighted by atomic mass is 16.5. The van der Waals surface area contributed by atoms with Crippen molar-refractivity contribution in [2.75, 3.05) is 31.8 Å². The maximum absolute atomic E-state index is 13.4. The summed E-state index contributed by atoms with van der Waals surface area (Å²) in [5.41, 5.74) is 3.38. The molecule has 8 nitrogen and oxygen atoms in total. The van der Waals surface area contributed by atoms with E-state index in [1.54, 1.807) is 37.3 Å². The smallest absolute Gasteiger partial charge is 0.340 e. The molecule has 2 aliphatic heterocycles. The summed E-state index contributed by atoms with van der Waals surface area (Å²) in [7, 11) is 1.29. The van der Waals surface area contributed by atoms with E-state index in [2.05, 4.69) is 5.32 Å². The molecular weight excluding hydrogens is 460 g/mol. The number of amides is 2. The number of ether oxygens (including phenoxy) is 3. The maximum atomic E-state index is 13.4. The molecule has 0 spiro atoms. The highest BCUT2D eigenvalue weighted by molar-refractivity contribution is 6.23. The fraction of sp³-hybridized carbons (Fsp3) is 0.321. The number of anilines is 1. The molecule has 1 saturated heterocycles. The van der Waals surface area contributed by atoms with Crippen molar-refractivity contribution in [3.63, 3.8) is 0 Å². The lowest BCUT2D eigenvalue weighted by Gasteiger charge is -2.18. The molecule has 0 aromatic heterocycles. The van der Waals surface area contributed by atoms with Crippen LogP contribution < -0.4 is 15.0 Å². The van der Waals surface area contributed by atoms with E-state index in [1.807, 2.05) is 31.2 Å². The predicted molar refractivity (Wildman–Crippen MR) is 135 cm³/mol. The number of rotatable bonds is 8. The molecule has 2 aromatic rings. The number of nitrogens with one attached hydrogen (secondary N) is 1. The van der Waals surface area contributed by atoms with Crippen LogP contribution in [-0.2, 0) is 23.9 Å². The standard InChI is InChI=1S/C28H30N2O6/c1-18-6-4-7-21(14-18)30-19(2)26(28(33)34-3)24(27(30)32)15-20-9-11-22(12-10-20)36-17-25(31)29-16-23-8-5-13-35-23/h4,6-7,9-12,14-15,23H,5,8,13,16-17H2,1-3H3,(H,29,31)/b24-15-/t23-/m1/s1. The summed E-state index contributed by atoms with van der Waals surface area (Å²) in [5.74, 6) is -0.575. The fourth-order valence-corrected chi connectivity index (χ4v) is 4.32. The van der Waals surface area contributed by atoms with Crippen molar-refractivity contribution in [2.24, 2.45) is 0 Å². The topological polar surface area (TPSA) is 94.2 Å². The van der Waals surface area contributed by atoms with Crippen LogP contribution in [-0.4, -0.2) is 50.8 Å². The molecule has 2 amide bonds. The molecule has 0 unspecified atom stereocenters. The molecule has 0 saturated carbocycles. The van der Waals surface area contributed by atoms with Gasteiger partial charge in [-0.3, -0.25) is 14.5 Å². The Hall–Kier alpha value is -3.91. The van der Waals surface area contributed by atoms with Gasteiger partial charge in [0.15, 0.2) is 6.61 Å². The third kappa shape index (κ3) is 5.66. The van der Waals surface area contributed by atoms with Crippen molar-refractivity contribution in [3.05, 3.63) is 76.5 Å². The highest BCUT2D eigenvalue weighted by Crippen LogP contribution is 2.35. The van der Waals surface area contributed by atoms with Crippen LogP contribution in [0, 0.1) is 6.92 Å². The van der Waals surface area contributed by atoms with Gasteiger partial charge in [0.05, 0.1) is 24.4 Å². The van der Waals surface area contributed by atoms with Crippen molar-refractivity contribution in [2.45, 2.75) is 32.8 Å². The second kappa shape index (κ2) is 11.2. The molecule has 188 valence electrons. The first-order valence-electron chi connectivity index (χ1n) is 11.9. The SMILES string of the molecule is COC(=O)C1=C(C)N(c2cccc(C)c2)C(=O)/C1=C\c1ccc(OCC(=O)NC[C@H]2CCCO2)cc1. The second-order valence-electron chi connectivity index (χ2n) is 8.79. The number of benzene rings is 2. The molecule has 2 heterocycles. The third-order valence-electron chi connectivity index (χ3n) is 6.16. The Morgan fingerprint density at radius 2 is 1.94 bits per heavy atom. The largest absolute Gasteiger partial charge is 0.484 e. The van der Waals surface area contributed by atoms with E-state index in [0.29, 0.717) is 29.2 Å². The minimum Gasteiger partial charge on any atom is -0.484 e. The summed E-state index contributed by atoms with van der Waals surface area (Å²) in [6.45, 7) is 4.79. The Bertz CT molecular complexity index is 1210. The lowest BCUT2D eigenvalue weighted by Crippen LogP contribution is -2.35. The molecule has 1 N–H and O–H groups in total. The summed E-state index contributed by atoms with van der Waals surface area (Å²) in [6.07, 6.45) is 3.71. The van der Waals surface area contributed by atoms with Crippen LogP contribution in [0.1, 0.15) is 30.9 Å². The molecule has 2 aromatic carbocycles. The number of hydrogen-bond donors (Lipinski definition) is 1. The normalized spacial score (nSPS) is 18.6. The van der Waals surface area contributed by atoms with Crippen LogP contribution in [0.2, 0.25) is 0 Å². The van der Waals surface area contributed by atoms with Crippen molar-refractivity contribution >= 4 is 29.5 Å². The van der Waals surface area contributed by atoms with E-state index >= 15 is 0 Å². The van der Waals surface area contributed by atoms with Crippen molar-refractivity contribution in [3.8, 4) is 5.75 Å². The summed E-state index contributed by atoms with van der Waals surface area (Å²) >= 11 is 0. The Labute approximate surface area is 210 Å². The van der Waals surface area contributed by atoms with Crippen LogP contribution in [0.5, 0.6) is 5.75 Å². The van der Waals surface area contributed by atoms with Crippen LogP contribution >= 0.6 is 0 Å². The monoisotopic (exact) mass is 490 g/mol. The molecule has 1 fully saturated rings. The van der Waals surface area contributed by atoms with Gasteiger partial charge in [0.25, 0.3) is 11.8 Å². The summed E-state index contributed by atoms with van der Waals surface area (Å²) in [5, 5.41) is 2.82. The van der Waals surface area contributed by atoms with Crippen molar-refractivity contribution in [1.29, 1.82) is 0 Å². The van der Waals surface area contributed by atoms with Gasteiger partial charge in [0.2, 0.25) is 0 Å². The van der Waals surface area contributed by atoms with Crippen LogP contribution in [0.3, 0.4) is 0 Å². The average Bonchev–Trinajstić information content (AvgIpc) is 3.48. The van der Waals surface area contributed by atoms with Crippen molar-refractivity contribution < 1.29 is 28.6 Å². The molecule has 4 rings (SSSR count). The van der Waals surface area contributed by atoms with Gasteiger partial charge in [-0.15, -0.1) is 0 Å². The van der Waals surface area contributed by atoms with Gasteiger partial charge >= 0.3 is 5.97 Å². The lowest BCUT2D eigenvalue weighted by atomic mass is 10.0. The van der Waals surface area contributed by atoms with E-state index in [1.165, 1.54) is 12.0 Å². The minimum atomic E-state index is -0.573. The van der Waals surface area contributed by atoms with Gasteiger partial charge in [-0.25, -0.2) is 4.79 Å². The number of hydrogen-bond acceptors (Lipinski definition) is 6. The van der Waals surface area contributed by atoms with Crippen molar-refractivity contribution in [1.82, 2.24) is 5.32 Å². The number of carbonyl (C=O) groups is 3. The molecular formula is C28H30N2O6. The number of carbonyl (C=O) groups excluding carboxylic acids is 3. The third-order valence-corrected chi connectivity index (χ3v) is 6.16. The number of allylic oxidation sites excluding steroid dienone is 1. The number of methoxy groups -OCH3 is 1. The van der Waals surface area contributed by atoms with E-state index in [4.69, 9.17) is 14.2 Å². The minimum absolute atomic E-state index is 0.0778. The lowest BCUT2D eigenvalue weighted by molar-refractivity contribution is -0.136. The first kappa shape index (κ1) is 25.2. The zero-order chi connectivity index (χ0) is 25.7. The molecule has 36 heavy (non-hydrogen) atoms. The van der Waals surface area contributed by atoms with E-state index in [0.717, 1.165) is 25.0 Å². The molecule has 2 aliphatic rings. The molecule has 0 aliphatic carbocycles. The van der Waals surface area contributed by atoms with Gasteiger partial charge in [0.1, 0.15) is 5.75 Å². The number of nitrogens with zero attached hydrogens (tertiary/aromatic N) is 1. The Morgan fingerprint density at radius 3 is 2.61 bits per heavy atom. The Kier molecular flexibility index (Phi) is 7.85. The molecule has 1 atom stereocenters. The molecule has 0 radical (unpaired) electrons. The van der Waals surface area contributed by atoms with Gasteiger partial charge in [-0.2, -0.15) is 0 Å². The average molecular weight is 491 g/mol.